The number of carbonyl (C=O) groups is 1. The molecule has 0 aliphatic heterocycles. The summed E-state index contributed by atoms with van der Waals surface area (Å²) >= 11 is 6.33. The lowest BCUT2D eigenvalue weighted by molar-refractivity contribution is -0.140. The molecule has 5 heteroatoms. The average Bonchev–Trinajstić information content (AvgIpc) is 2.43. The van der Waals surface area contributed by atoms with Crippen molar-refractivity contribution in [3.05, 3.63) is 34.5 Å². The van der Waals surface area contributed by atoms with E-state index in [1.807, 2.05) is 25.1 Å². The molecule has 0 amide bonds. The number of nitrogens with zero attached hydrogens (tertiary/aromatic N) is 1. The summed E-state index contributed by atoms with van der Waals surface area (Å²) in [7, 11) is 2.98. The van der Waals surface area contributed by atoms with Gasteiger partial charge in [0.1, 0.15) is 11.3 Å². The fourth-order valence-electron chi connectivity index (χ4n) is 2.17. The molecule has 0 saturated heterocycles. The Morgan fingerprint density at radius 2 is 2.10 bits per heavy atom. The van der Waals surface area contributed by atoms with Gasteiger partial charge in [0.2, 0.25) is 0 Å². The van der Waals surface area contributed by atoms with E-state index in [4.69, 9.17) is 16.3 Å². The second kappa shape index (κ2) is 6.09. The molecule has 0 spiro atoms. The van der Waals surface area contributed by atoms with Gasteiger partial charge in [-0.05, 0) is 31.0 Å². The summed E-state index contributed by atoms with van der Waals surface area (Å²) in [5.74, 6) is 0.428. The molecule has 0 bridgehead atoms. The van der Waals surface area contributed by atoms with Gasteiger partial charge in [0.15, 0.2) is 0 Å². The van der Waals surface area contributed by atoms with Gasteiger partial charge in [-0.3, -0.25) is 4.79 Å². The quantitative estimate of drug-likeness (QED) is 0.812. The molecule has 1 heterocycles. The van der Waals surface area contributed by atoms with Gasteiger partial charge in [-0.25, -0.2) is 4.98 Å². The number of hydrogen-bond acceptors (Lipinski definition) is 4. The number of ether oxygens (including phenoxy) is 2. The highest BCUT2D eigenvalue weighted by Crippen LogP contribution is 2.33. The molecule has 0 fully saturated rings. The van der Waals surface area contributed by atoms with Gasteiger partial charge < -0.3 is 9.47 Å². The summed E-state index contributed by atoms with van der Waals surface area (Å²) < 4.78 is 9.99. The number of methoxy groups -OCH3 is 2. The third-order valence-electron chi connectivity index (χ3n) is 3.14. The monoisotopic (exact) mass is 293 g/mol. The van der Waals surface area contributed by atoms with Crippen LogP contribution in [-0.2, 0) is 16.0 Å². The van der Waals surface area contributed by atoms with Crippen molar-refractivity contribution in [3.8, 4) is 5.75 Å². The summed E-state index contributed by atoms with van der Waals surface area (Å²) in [6.07, 6.45) is 0.861. The number of esters is 1. The van der Waals surface area contributed by atoms with Gasteiger partial charge in [-0.1, -0.05) is 17.7 Å². The molecule has 0 saturated carbocycles. The first-order chi connectivity index (χ1) is 9.56. The van der Waals surface area contributed by atoms with E-state index in [2.05, 4.69) is 9.72 Å². The van der Waals surface area contributed by atoms with Crippen molar-refractivity contribution in [3.63, 3.8) is 0 Å². The second-order valence-electron chi connectivity index (χ2n) is 4.47. The second-order valence-corrected chi connectivity index (χ2v) is 4.88. The summed E-state index contributed by atoms with van der Waals surface area (Å²) in [4.78, 5) is 15.8. The molecule has 0 aliphatic carbocycles. The lowest BCUT2D eigenvalue weighted by Gasteiger charge is -2.11. The zero-order valence-corrected chi connectivity index (χ0v) is 12.5. The average molecular weight is 294 g/mol. The molecule has 0 N–H and O–H groups in total. The maximum atomic E-state index is 11.3. The number of halogens is 1. The Bertz CT molecular complexity index is 655. The molecular formula is C15H16ClNO3. The van der Waals surface area contributed by atoms with Crippen LogP contribution in [0, 0.1) is 6.92 Å². The first-order valence-corrected chi connectivity index (χ1v) is 6.64. The van der Waals surface area contributed by atoms with E-state index < -0.39 is 0 Å². The van der Waals surface area contributed by atoms with E-state index in [0.29, 0.717) is 23.6 Å². The largest absolute Gasteiger partial charge is 0.494 e. The van der Waals surface area contributed by atoms with Crippen LogP contribution >= 0.6 is 11.6 Å². The van der Waals surface area contributed by atoms with Crippen molar-refractivity contribution in [2.75, 3.05) is 14.2 Å². The van der Waals surface area contributed by atoms with Crippen molar-refractivity contribution < 1.29 is 14.3 Å². The summed E-state index contributed by atoms with van der Waals surface area (Å²) in [5, 5.41) is 1.45. The number of pyridine rings is 1. The Labute approximate surface area is 122 Å². The number of aromatic nitrogens is 1. The van der Waals surface area contributed by atoms with E-state index >= 15 is 0 Å². The molecule has 0 atom stereocenters. The molecule has 4 nitrogen and oxygen atoms in total. The van der Waals surface area contributed by atoms with Crippen molar-refractivity contribution in [2.24, 2.45) is 0 Å². The van der Waals surface area contributed by atoms with E-state index in [0.717, 1.165) is 22.2 Å². The molecule has 0 unspecified atom stereocenters. The predicted molar refractivity (Wildman–Crippen MR) is 78.4 cm³/mol. The Balaban J connectivity index is 2.53. The molecular weight excluding hydrogens is 278 g/mol. The Kier molecular flexibility index (Phi) is 4.45. The summed E-state index contributed by atoms with van der Waals surface area (Å²) in [6, 6.07) is 5.57. The van der Waals surface area contributed by atoms with Crippen LogP contribution in [0.5, 0.6) is 5.75 Å². The number of benzene rings is 1. The van der Waals surface area contributed by atoms with E-state index in [9.17, 15) is 4.79 Å². The van der Waals surface area contributed by atoms with Crippen LogP contribution in [0.2, 0.25) is 5.02 Å². The van der Waals surface area contributed by atoms with Crippen LogP contribution < -0.4 is 4.74 Å². The maximum absolute atomic E-state index is 11.3. The highest BCUT2D eigenvalue weighted by Gasteiger charge is 2.13. The van der Waals surface area contributed by atoms with Crippen molar-refractivity contribution >= 4 is 28.5 Å². The van der Waals surface area contributed by atoms with Crippen LogP contribution in [-0.4, -0.2) is 25.2 Å². The highest BCUT2D eigenvalue weighted by molar-refractivity contribution is 6.35. The Morgan fingerprint density at radius 1 is 1.35 bits per heavy atom. The van der Waals surface area contributed by atoms with Gasteiger partial charge in [-0.15, -0.1) is 0 Å². The number of rotatable bonds is 4. The van der Waals surface area contributed by atoms with E-state index in [1.54, 1.807) is 7.11 Å². The first kappa shape index (κ1) is 14.6. The fraction of sp³-hybridized carbons (Fsp3) is 0.333. The van der Waals surface area contributed by atoms with Gasteiger partial charge in [0.05, 0.1) is 19.2 Å². The normalized spacial score (nSPS) is 10.6. The molecule has 2 rings (SSSR count). The summed E-state index contributed by atoms with van der Waals surface area (Å²) in [5.41, 5.74) is 2.51. The predicted octanol–water partition coefficient (Wildman–Crippen LogP) is 3.31. The number of hydrogen-bond donors (Lipinski definition) is 0. The molecule has 0 radical (unpaired) electrons. The number of fused-ring (bicyclic) bond motifs is 1. The zero-order valence-electron chi connectivity index (χ0n) is 11.7. The minimum Gasteiger partial charge on any atom is -0.494 e. The van der Waals surface area contributed by atoms with E-state index in [1.165, 1.54) is 7.11 Å². The SMILES string of the molecule is COC(=O)CCc1ccc(OC)c2nc(C)cc(Cl)c12. The zero-order chi connectivity index (χ0) is 14.7. The number of carbonyl (C=O) groups excluding carboxylic acids is 1. The lowest BCUT2D eigenvalue weighted by Crippen LogP contribution is -2.03. The standard InChI is InChI=1S/C15H16ClNO3/c1-9-8-11(16)14-10(5-7-13(18)20-3)4-6-12(19-2)15(14)17-9/h4,6,8H,5,7H2,1-3H3. The van der Waals surface area contributed by atoms with Crippen molar-refractivity contribution in [2.45, 2.75) is 19.8 Å². The first-order valence-electron chi connectivity index (χ1n) is 6.26. The maximum Gasteiger partial charge on any atom is 0.305 e. The van der Waals surface area contributed by atoms with Gasteiger partial charge in [0, 0.05) is 17.5 Å². The molecule has 2 aromatic rings. The minimum atomic E-state index is -0.245. The molecule has 20 heavy (non-hydrogen) atoms. The van der Waals surface area contributed by atoms with Crippen LogP contribution in [0.3, 0.4) is 0 Å². The third-order valence-corrected chi connectivity index (χ3v) is 3.43. The van der Waals surface area contributed by atoms with Crippen LogP contribution in [0.4, 0.5) is 0 Å². The van der Waals surface area contributed by atoms with Gasteiger partial charge in [0.25, 0.3) is 0 Å². The molecule has 106 valence electrons. The minimum absolute atomic E-state index is 0.245. The van der Waals surface area contributed by atoms with E-state index in [-0.39, 0.29) is 5.97 Å². The van der Waals surface area contributed by atoms with Gasteiger partial charge >= 0.3 is 5.97 Å². The van der Waals surface area contributed by atoms with Crippen LogP contribution in [0.1, 0.15) is 17.7 Å². The Hall–Kier alpha value is -1.81. The fourth-order valence-corrected chi connectivity index (χ4v) is 2.54. The summed E-state index contributed by atoms with van der Waals surface area (Å²) in [6.45, 7) is 1.88. The van der Waals surface area contributed by atoms with Crippen LogP contribution in [0.25, 0.3) is 10.9 Å². The van der Waals surface area contributed by atoms with Crippen molar-refractivity contribution in [1.82, 2.24) is 4.98 Å². The Morgan fingerprint density at radius 3 is 2.75 bits per heavy atom. The van der Waals surface area contributed by atoms with Crippen LogP contribution in [0.15, 0.2) is 18.2 Å². The molecule has 1 aromatic heterocycles. The number of aryl methyl sites for hydroxylation is 2. The highest BCUT2D eigenvalue weighted by atomic mass is 35.5. The van der Waals surface area contributed by atoms with Crippen molar-refractivity contribution in [1.29, 1.82) is 0 Å². The third kappa shape index (κ3) is 2.85. The smallest absolute Gasteiger partial charge is 0.305 e. The topological polar surface area (TPSA) is 48.4 Å². The molecule has 0 aliphatic rings. The molecule has 1 aromatic carbocycles. The van der Waals surface area contributed by atoms with Gasteiger partial charge in [-0.2, -0.15) is 0 Å². The lowest BCUT2D eigenvalue weighted by atomic mass is 10.0.